The normalized spacial score (nSPS) is 11.3. The molecule has 230 valence electrons. The second kappa shape index (κ2) is 16.2. The summed E-state index contributed by atoms with van der Waals surface area (Å²) in [6.07, 6.45) is 8.71. The molecule has 0 fully saturated rings. The molecular weight excluding hydrogens is 585 g/mol. The van der Waals surface area contributed by atoms with Crippen molar-refractivity contribution < 1.29 is 0 Å². The number of hydrogen-bond acceptors (Lipinski definition) is 1. The van der Waals surface area contributed by atoms with Gasteiger partial charge < -0.3 is 0 Å². The molecule has 1 heteroatoms. The molecule has 1 aliphatic rings. The van der Waals surface area contributed by atoms with Gasteiger partial charge in [-0.15, -0.1) is 11.3 Å². The van der Waals surface area contributed by atoms with Crippen molar-refractivity contribution in [3.05, 3.63) is 205 Å². The van der Waals surface area contributed by atoms with E-state index < -0.39 is 0 Å². The third kappa shape index (κ3) is 8.02. The Hall–Kier alpha value is -5.50. The van der Waals surface area contributed by atoms with Crippen molar-refractivity contribution in [3.8, 4) is 0 Å². The molecule has 0 atom stereocenters. The van der Waals surface area contributed by atoms with Gasteiger partial charge in [-0.05, 0) is 91.2 Å². The van der Waals surface area contributed by atoms with Crippen LogP contribution in [0.25, 0.3) is 55.4 Å². The van der Waals surface area contributed by atoms with Crippen LogP contribution in [-0.4, -0.2) is 0 Å². The first-order chi connectivity index (χ1) is 23.1. The van der Waals surface area contributed by atoms with E-state index in [-0.39, 0.29) is 0 Å². The van der Waals surface area contributed by atoms with E-state index in [1.165, 1.54) is 70.6 Å². The summed E-state index contributed by atoms with van der Waals surface area (Å²) in [5, 5.41) is 8.55. The van der Waals surface area contributed by atoms with Gasteiger partial charge >= 0.3 is 0 Å². The Kier molecular flexibility index (Phi) is 11.3. The monoisotopic (exact) mass is 624 g/mol. The van der Waals surface area contributed by atoms with Crippen LogP contribution in [0.5, 0.6) is 0 Å². The summed E-state index contributed by atoms with van der Waals surface area (Å²) >= 11 is 1.77. The predicted molar refractivity (Wildman–Crippen MR) is 213 cm³/mol. The van der Waals surface area contributed by atoms with Gasteiger partial charge in [-0.2, -0.15) is 0 Å². The molecule has 0 unspecified atom stereocenters. The molecule has 0 N–H and O–H groups in total. The summed E-state index contributed by atoms with van der Waals surface area (Å²) in [7, 11) is 0. The Balaban J connectivity index is 0.000000123. The van der Waals surface area contributed by atoms with Gasteiger partial charge in [-0.25, -0.2) is 0 Å². The van der Waals surface area contributed by atoms with E-state index in [0.717, 1.165) is 6.42 Å². The molecule has 8 rings (SSSR count). The van der Waals surface area contributed by atoms with E-state index >= 15 is 0 Å². The summed E-state index contributed by atoms with van der Waals surface area (Å²) in [5.74, 6) is 0. The minimum atomic E-state index is 1.09. The molecule has 0 nitrogen and oxygen atoms in total. The average Bonchev–Trinajstić information content (AvgIpc) is 3.71. The quantitative estimate of drug-likeness (QED) is 0.183. The van der Waals surface area contributed by atoms with Crippen LogP contribution >= 0.6 is 11.3 Å². The summed E-state index contributed by atoms with van der Waals surface area (Å²) in [5.41, 5.74) is 9.18. The fourth-order valence-electron chi connectivity index (χ4n) is 5.75. The second-order valence-electron chi connectivity index (χ2n) is 11.2. The summed E-state index contributed by atoms with van der Waals surface area (Å²) < 4.78 is 1.34. The molecule has 0 saturated heterocycles. The van der Waals surface area contributed by atoms with Crippen LogP contribution in [0.15, 0.2) is 177 Å². The van der Waals surface area contributed by atoms with Crippen LogP contribution in [0.2, 0.25) is 0 Å². The maximum Gasteiger partial charge on any atom is 0.0348 e. The van der Waals surface area contributed by atoms with Gasteiger partial charge in [-0.1, -0.05) is 178 Å². The first kappa shape index (κ1) is 32.9. The highest BCUT2D eigenvalue weighted by Crippen LogP contribution is 2.32. The van der Waals surface area contributed by atoms with Crippen molar-refractivity contribution in [2.24, 2.45) is 0 Å². The van der Waals surface area contributed by atoms with Crippen molar-refractivity contribution in [2.45, 2.75) is 13.3 Å². The minimum absolute atomic E-state index is 1.09. The third-order valence-electron chi connectivity index (χ3n) is 8.21. The minimum Gasteiger partial charge on any atom is -0.143 e. The number of allylic oxidation sites excluding steroid dienone is 3. The standard InChI is InChI=1S/C12H12.2C12H10.C10H8S/c1-3-11-9(2)8-10-6-4-5-7-12(10)11;1-2-10-7-5-8-11-6-3-4-9-12(10)11;1-2-10-7-8-11-5-3-4-6-12(11)9-10;1-2-8-7-11-10-6-4-3-5-9(8)10/h3-7H,1,8H2,2H3;2*2-9H,1H2;2-7H,1H2. The smallest absolute Gasteiger partial charge is 0.0348 e. The Bertz CT molecular complexity index is 2190. The van der Waals surface area contributed by atoms with Crippen LogP contribution in [0.1, 0.15) is 34.7 Å². The molecule has 0 amide bonds. The number of benzene rings is 6. The summed E-state index contributed by atoms with van der Waals surface area (Å²) in [6.45, 7) is 17.3. The van der Waals surface area contributed by atoms with Crippen molar-refractivity contribution >= 4 is 66.8 Å². The lowest BCUT2D eigenvalue weighted by atomic mass is 10.1. The first-order valence-electron chi connectivity index (χ1n) is 15.8. The SMILES string of the molecule is C=CC1=C(C)Cc2ccccc21.C=Cc1ccc2ccccc2c1.C=Cc1cccc2ccccc12.C=Cc1csc2ccccc12. The lowest BCUT2D eigenvalue weighted by Crippen LogP contribution is -1.80. The highest BCUT2D eigenvalue weighted by Gasteiger charge is 2.14. The molecule has 1 heterocycles. The number of thiophene rings is 1. The van der Waals surface area contributed by atoms with Crippen molar-refractivity contribution in [3.63, 3.8) is 0 Å². The maximum atomic E-state index is 3.83. The third-order valence-corrected chi connectivity index (χ3v) is 9.19. The molecule has 47 heavy (non-hydrogen) atoms. The Morgan fingerprint density at radius 2 is 1.17 bits per heavy atom. The largest absolute Gasteiger partial charge is 0.143 e. The predicted octanol–water partition coefficient (Wildman–Crippen LogP) is 13.7. The van der Waals surface area contributed by atoms with Gasteiger partial charge in [0.2, 0.25) is 0 Å². The second-order valence-corrected chi connectivity index (χ2v) is 12.1. The summed E-state index contributed by atoms with van der Waals surface area (Å²) in [6, 6.07) is 46.2. The van der Waals surface area contributed by atoms with Crippen LogP contribution < -0.4 is 0 Å². The van der Waals surface area contributed by atoms with E-state index in [2.05, 4.69) is 172 Å². The van der Waals surface area contributed by atoms with E-state index in [9.17, 15) is 0 Å². The lowest BCUT2D eigenvalue weighted by Gasteiger charge is -1.99. The Morgan fingerprint density at radius 3 is 1.91 bits per heavy atom. The van der Waals surface area contributed by atoms with Gasteiger partial charge in [-0.3, -0.25) is 0 Å². The molecule has 6 aromatic carbocycles. The average molecular weight is 625 g/mol. The maximum absolute atomic E-state index is 3.83. The number of rotatable bonds is 4. The van der Waals surface area contributed by atoms with Gasteiger partial charge in [0, 0.05) is 4.70 Å². The molecule has 0 aliphatic heterocycles. The summed E-state index contributed by atoms with van der Waals surface area (Å²) in [4.78, 5) is 0. The molecule has 1 aromatic heterocycles. The van der Waals surface area contributed by atoms with Crippen LogP contribution in [0, 0.1) is 0 Å². The fraction of sp³-hybridized carbons (Fsp3) is 0.0435. The van der Waals surface area contributed by atoms with E-state index in [1.807, 2.05) is 24.3 Å². The van der Waals surface area contributed by atoms with Gasteiger partial charge in [0.25, 0.3) is 0 Å². The van der Waals surface area contributed by atoms with E-state index in [1.54, 1.807) is 11.3 Å². The zero-order valence-corrected chi connectivity index (χ0v) is 27.8. The molecule has 0 saturated carbocycles. The van der Waals surface area contributed by atoms with Crippen molar-refractivity contribution in [2.75, 3.05) is 0 Å². The molecule has 0 spiro atoms. The Labute approximate surface area is 283 Å². The topological polar surface area (TPSA) is 0 Å². The van der Waals surface area contributed by atoms with Gasteiger partial charge in [0.05, 0.1) is 0 Å². The number of hydrogen-bond donors (Lipinski definition) is 0. The zero-order chi connectivity index (χ0) is 33.0. The van der Waals surface area contributed by atoms with Crippen LogP contribution in [0.3, 0.4) is 0 Å². The molecule has 0 bridgehead atoms. The molecule has 0 radical (unpaired) electrons. The van der Waals surface area contributed by atoms with E-state index in [0.29, 0.717) is 0 Å². The van der Waals surface area contributed by atoms with Crippen molar-refractivity contribution in [1.29, 1.82) is 0 Å². The number of fused-ring (bicyclic) bond motifs is 4. The Morgan fingerprint density at radius 1 is 0.532 bits per heavy atom. The van der Waals surface area contributed by atoms with Gasteiger partial charge in [0.15, 0.2) is 0 Å². The van der Waals surface area contributed by atoms with E-state index in [4.69, 9.17) is 0 Å². The molecule has 7 aromatic rings. The first-order valence-corrected chi connectivity index (χ1v) is 16.6. The highest BCUT2D eigenvalue weighted by molar-refractivity contribution is 7.17. The fourth-order valence-corrected chi connectivity index (χ4v) is 6.70. The molecular formula is C46H40S. The highest BCUT2D eigenvalue weighted by atomic mass is 32.1. The van der Waals surface area contributed by atoms with Crippen LogP contribution in [-0.2, 0) is 6.42 Å². The molecule has 1 aliphatic carbocycles. The zero-order valence-electron chi connectivity index (χ0n) is 27.0. The lowest BCUT2D eigenvalue weighted by molar-refractivity contribution is 1.19. The van der Waals surface area contributed by atoms with Crippen molar-refractivity contribution in [1.82, 2.24) is 0 Å². The van der Waals surface area contributed by atoms with Crippen LogP contribution in [0.4, 0.5) is 0 Å². The van der Waals surface area contributed by atoms with Gasteiger partial charge in [0.1, 0.15) is 0 Å².